The summed E-state index contributed by atoms with van der Waals surface area (Å²) < 4.78 is 0. The molecule has 0 saturated heterocycles. The minimum absolute atomic E-state index is 0.114. The van der Waals surface area contributed by atoms with Gasteiger partial charge < -0.3 is 5.32 Å². The highest BCUT2D eigenvalue weighted by Crippen LogP contribution is 2.25. The normalized spacial score (nSPS) is 17.9. The Bertz CT molecular complexity index is 444. The summed E-state index contributed by atoms with van der Waals surface area (Å²) in [4.78, 5) is 11.9. The maximum Gasteiger partial charge on any atom is 0.223 e. The molecule has 2 nitrogen and oxygen atoms in total. The van der Waals surface area contributed by atoms with Crippen LogP contribution >= 0.6 is 0 Å². The van der Waals surface area contributed by atoms with Crippen LogP contribution in [0.2, 0.25) is 0 Å². The number of aryl methyl sites for hydroxylation is 1. The third kappa shape index (κ3) is 2.88. The maximum absolute atomic E-state index is 11.9. The van der Waals surface area contributed by atoms with Crippen LogP contribution in [0.1, 0.15) is 24.0 Å². The molecule has 2 heteroatoms. The minimum Gasteiger partial charge on any atom is -0.355 e. The lowest BCUT2D eigenvalue weighted by Gasteiger charge is -2.23. The van der Waals surface area contributed by atoms with Crippen LogP contribution in [-0.4, -0.2) is 12.5 Å². The molecule has 1 aromatic carbocycles. The van der Waals surface area contributed by atoms with E-state index in [2.05, 4.69) is 29.4 Å². The Morgan fingerprint density at radius 3 is 2.94 bits per heavy atom. The van der Waals surface area contributed by atoms with Crippen molar-refractivity contribution in [2.45, 2.75) is 25.7 Å². The number of rotatable bonds is 3. The van der Waals surface area contributed by atoms with Gasteiger partial charge in [0.1, 0.15) is 0 Å². The van der Waals surface area contributed by atoms with Gasteiger partial charge in [-0.1, -0.05) is 24.3 Å². The predicted molar refractivity (Wildman–Crippen MR) is 68.4 cm³/mol. The Kier molecular flexibility index (Phi) is 3.82. The second-order valence-corrected chi connectivity index (χ2v) is 4.45. The molecule has 1 amide bonds. The monoisotopic (exact) mass is 227 g/mol. The predicted octanol–water partition coefficient (Wildman–Crippen LogP) is 1.93. The second-order valence-electron chi connectivity index (χ2n) is 4.45. The van der Waals surface area contributed by atoms with Gasteiger partial charge in [-0.3, -0.25) is 4.79 Å². The van der Waals surface area contributed by atoms with E-state index >= 15 is 0 Å². The summed E-state index contributed by atoms with van der Waals surface area (Å²) in [6.07, 6.45) is 8.57. The van der Waals surface area contributed by atoms with E-state index in [1.54, 1.807) is 0 Å². The van der Waals surface area contributed by atoms with E-state index in [0.717, 1.165) is 19.3 Å². The summed E-state index contributed by atoms with van der Waals surface area (Å²) in [5.41, 5.74) is 2.70. The molecule has 0 saturated carbocycles. The SMILES string of the molecule is C#CCCNC(=O)C1CCc2ccccc2C1. The van der Waals surface area contributed by atoms with Gasteiger partial charge in [0.2, 0.25) is 5.91 Å². The van der Waals surface area contributed by atoms with Gasteiger partial charge in [-0.2, -0.15) is 0 Å². The van der Waals surface area contributed by atoms with Crippen molar-refractivity contribution < 1.29 is 4.79 Å². The van der Waals surface area contributed by atoms with Crippen LogP contribution in [0.3, 0.4) is 0 Å². The molecule has 0 fully saturated rings. The first-order valence-electron chi connectivity index (χ1n) is 6.09. The molecule has 88 valence electrons. The van der Waals surface area contributed by atoms with Crippen LogP contribution in [0.5, 0.6) is 0 Å². The van der Waals surface area contributed by atoms with Gasteiger partial charge in [-0.25, -0.2) is 0 Å². The van der Waals surface area contributed by atoms with Crippen molar-refractivity contribution in [3.63, 3.8) is 0 Å². The smallest absolute Gasteiger partial charge is 0.223 e. The van der Waals surface area contributed by atoms with Gasteiger partial charge in [-0.15, -0.1) is 12.3 Å². The average molecular weight is 227 g/mol. The maximum atomic E-state index is 11.9. The molecule has 0 aromatic heterocycles. The van der Waals surface area contributed by atoms with E-state index < -0.39 is 0 Å². The molecule has 0 heterocycles. The van der Waals surface area contributed by atoms with E-state index in [1.165, 1.54) is 11.1 Å². The van der Waals surface area contributed by atoms with Crippen LogP contribution in [0.15, 0.2) is 24.3 Å². The molecular formula is C15H17NO. The van der Waals surface area contributed by atoms with Gasteiger partial charge in [0.05, 0.1) is 0 Å². The van der Waals surface area contributed by atoms with E-state index in [9.17, 15) is 4.79 Å². The molecular weight excluding hydrogens is 210 g/mol. The van der Waals surface area contributed by atoms with E-state index in [0.29, 0.717) is 13.0 Å². The first-order valence-corrected chi connectivity index (χ1v) is 6.09. The molecule has 0 radical (unpaired) electrons. The molecule has 0 bridgehead atoms. The number of hydrogen-bond acceptors (Lipinski definition) is 1. The quantitative estimate of drug-likeness (QED) is 0.620. The van der Waals surface area contributed by atoms with Gasteiger partial charge >= 0.3 is 0 Å². The first-order chi connectivity index (χ1) is 8.31. The zero-order valence-corrected chi connectivity index (χ0v) is 9.91. The van der Waals surface area contributed by atoms with Crippen molar-refractivity contribution in [2.24, 2.45) is 5.92 Å². The largest absolute Gasteiger partial charge is 0.355 e. The highest BCUT2D eigenvalue weighted by molar-refractivity contribution is 5.79. The third-order valence-corrected chi connectivity index (χ3v) is 3.29. The number of benzene rings is 1. The lowest BCUT2D eigenvalue weighted by atomic mass is 9.83. The molecule has 1 aliphatic rings. The standard InChI is InChI=1S/C15H17NO/c1-2-3-10-16-15(17)14-9-8-12-6-4-5-7-13(12)11-14/h1,4-7,14H,3,8-11H2,(H,16,17). The Balaban J connectivity index is 1.93. The summed E-state index contributed by atoms with van der Waals surface area (Å²) in [6.45, 7) is 0.591. The number of terminal acetylenes is 1. The second kappa shape index (κ2) is 5.54. The summed E-state index contributed by atoms with van der Waals surface area (Å²) in [5, 5.41) is 2.90. The number of nitrogens with one attached hydrogen (secondary N) is 1. The summed E-state index contributed by atoms with van der Waals surface area (Å²) in [5.74, 6) is 2.79. The Morgan fingerprint density at radius 2 is 2.18 bits per heavy atom. The van der Waals surface area contributed by atoms with Gasteiger partial charge in [0.15, 0.2) is 0 Å². The third-order valence-electron chi connectivity index (χ3n) is 3.29. The van der Waals surface area contributed by atoms with Crippen LogP contribution in [0.25, 0.3) is 0 Å². The lowest BCUT2D eigenvalue weighted by molar-refractivity contribution is -0.125. The van der Waals surface area contributed by atoms with Crippen molar-refractivity contribution in [3.8, 4) is 12.3 Å². The number of hydrogen-bond donors (Lipinski definition) is 1. The molecule has 1 atom stereocenters. The van der Waals surface area contributed by atoms with Crippen molar-refractivity contribution in [3.05, 3.63) is 35.4 Å². The number of carbonyl (C=O) groups excluding carboxylic acids is 1. The number of carbonyl (C=O) groups is 1. The zero-order chi connectivity index (χ0) is 12.1. The topological polar surface area (TPSA) is 29.1 Å². The molecule has 1 unspecified atom stereocenters. The Hall–Kier alpha value is -1.75. The lowest BCUT2D eigenvalue weighted by Crippen LogP contribution is -2.34. The molecule has 1 N–H and O–H groups in total. The van der Waals surface area contributed by atoms with E-state index in [1.807, 2.05) is 6.07 Å². The fraction of sp³-hybridized carbons (Fsp3) is 0.400. The van der Waals surface area contributed by atoms with Crippen molar-refractivity contribution in [1.29, 1.82) is 0 Å². The summed E-state index contributed by atoms with van der Waals surface area (Å²) in [7, 11) is 0. The summed E-state index contributed by atoms with van der Waals surface area (Å²) >= 11 is 0. The average Bonchev–Trinajstić information content (AvgIpc) is 2.38. The van der Waals surface area contributed by atoms with Gasteiger partial charge in [-0.05, 0) is 30.4 Å². The fourth-order valence-corrected chi connectivity index (χ4v) is 2.32. The highest BCUT2D eigenvalue weighted by atomic mass is 16.1. The Morgan fingerprint density at radius 1 is 1.41 bits per heavy atom. The van der Waals surface area contributed by atoms with Crippen LogP contribution in [0, 0.1) is 18.3 Å². The van der Waals surface area contributed by atoms with Crippen LogP contribution < -0.4 is 5.32 Å². The van der Waals surface area contributed by atoms with Crippen molar-refractivity contribution >= 4 is 5.91 Å². The minimum atomic E-state index is 0.114. The molecule has 0 aliphatic heterocycles. The van der Waals surface area contributed by atoms with Crippen molar-refractivity contribution in [2.75, 3.05) is 6.54 Å². The fourth-order valence-electron chi connectivity index (χ4n) is 2.32. The molecule has 2 rings (SSSR count). The number of amides is 1. The number of fused-ring (bicyclic) bond motifs is 1. The van der Waals surface area contributed by atoms with E-state index in [-0.39, 0.29) is 11.8 Å². The zero-order valence-electron chi connectivity index (χ0n) is 9.91. The molecule has 0 spiro atoms. The highest BCUT2D eigenvalue weighted by Gasteiger charge is 2.23. The molecule has 1 aromatic rings. The molecule has 1 aliphatic carbocycles. The van der Waals surface area contributed by atoms with Crippen molar-refractivity contribution in [1.82, 2.24) is 5.32 Å². The van der Waals surface area contributed by atoms with Crippen LogP contribution in [-0.2, 0) is 17.6 Å². The van der Waals surface area contributed by atoms with Crippen LogP contribution in [0.4, 0.5) is 0 Å². The molecule has 17 heavy (non-hydrogen) atoms. The van der Waals surface area contributed by atoms with Gasteiger partial charge in [0, 0.05) is 18.9 Å². The Labute approximate surface area is 102 Å². The van der Waals surface area contributed by atoms with Gasteiger partial charge in [0.25, 0.3) is 0 Å². The van der Waals surface area contributed by atoms with E-state index in [4.69, 9.17) is 6.42 Å². The first kappa shape index (κ1) is 11.7. The summed E-state index contributed by atoms with van der Waals surface area (Å²) in [6, 6.07) is 8.38.